The van der Waals surface area contributed by atoms with Crippen LogP contribution in [-0.2, 0) is 4.79 Å². The van der Waals surface area contributed by atoms with Crippen LogP contribution in [0, 0.1) is 0 Å². The highest BCUT2D eigenvalue weighted by Crippen LogP contribution is 2.12. The molecule has 0 amide bonds. The second-order valence-corrected chi connectivity index (χ2v) is 3.58. The van der Waals surface area contributed by atoms with Crippen molar-refractivity contribution >= 4 is 5.78 Å². The fraction of sp³-hybridized carbons (Fsp3) is 0.900. The molecule has 0 heterocycles. The summed E-state index contributed by atoms with van der Waals surface area (Å²) >= 11 is 0. The number of rotatable bonds is 1. The first kappa shape index (κ1) is 12.6. The van der Waals surface area contributed by atoms with E-state index in [0.717, 1.165) is 25.7 Å². The molecule has 0 spiro atoms. The fourth-order valence-corrected chi connectivity index (χ4v) is 0.946. The predicted molar refractivity (Wildman–Crippen MR) is 51.5 cm³/mol. The highest BCUT2D eigenvalue weighted by molar-refractivity contribution is 5.78. The Morgan fingerprint density at radius 3 is 1.54 bits per heavy atom. The SMILES string of the molecule is CC(O)C(C)O.O=C1CCCCC1. The number of hydrogen-bond donors (Lipinski definition) is 2. The number of ketones is 1. The van der Waals surface area contributed by atoms with Gasteiger partial charge in [0, 0.05) is 12.8 Å². The second-order valence-electron chi connectivity index (χ2n) is 3.58. The Kier molecular flexibility index (Phi) is 6.82. The van der Waals surface area contributed by atoms with Crippen LogP contribution in [0.15, 0.2) is 0 Å². The maximum absolute atomic E-state index is 10.5. The van der Waals surface area contributed by atoms with E-state index in [4.69, 9.17) is 10.2 Å². The second kappa shape index (κ2) is 7.04. The van der Waals surface area contributed by atoms with E-state index in [-0.39, 0.29) is 0 Å². The number of hydrogen-bond acceptors (Lipinski definition) is 3. The van der Waals surface area contributed by atoms with E-state index in [9.17, 15) is 4.79 Å². The Bertz CT molecular complexity index is 127. The van der Waals surface area contributed by atoms with Gasteiger partial charge in [-0.3, -0.25) is 4.79 Å². The third-order valence-electron chi connectivity index (χ3n) is 2.11. The summed E-state index contributed by atoms with van der Waals surface area (Å²) < 4.78 is 0. The van der Waals surface area contributed by atoms with Crippen LogP contribution in [0.3, 0.4) is 0 Å². The van der Waals surface area contributed by atoms with E-state index in [1.54, 1.807) is 13.8 Å². The zero-order chi connectivity index (χ0) is 10.3. The van der Waals surface area contributed by atoms with Crippen LogP contribution < -0.4 is 0 Å². The summed E-state index contributed by atoms with van der Waals surface area (Å²) in [5.74, 6) is 0.464. The molecule has 0 aromatic heterocycles. The van der Waals surface area contributed by atoms with Gasteiger partial charge in [0.1, 0.15) is 5.78 Å². The van der Waals surface area contributed by atoms with Crippen molar-refractivity contribution in [2.24, 2.45) is 0 Å². The summed E-state index contributed by atoms with van der Waals surface area (Å²) in [5.41, 5.74) is 0. The summed E-state index contributed by atoms with van der Waals surface area (Å²) in [6.45, 7) is 3.09. The number of aliphatic hydroxyl groups excluding tert-OH is 2. The molecule has 0 saturated heterocycles. The van der Waals surface area contributed by atoms with E-state index < -0.39 is 12.2 Å². The molecule has 1 aliphatic carbocycles. The van der Waals surface area contributed by atoms with E-state index in [2.05, 4.69) is 0 Å². The Balaban J connectivity index is 0.000000226. The lowest BCUT2D eigenvalue weighted by molar-refractivity contribution is -0.120. The minimum atomic E-state index is -0.593. The lowest BCUT2D eigenvalue weighted by Crippen LogP contribution is -2.17. The maximum Gasteiger partial charge on any atom is 0.132 e. The van der Waals surface area contributed by atoms with Gasteiger partial charge in [0.15, 0.2) is 0 Å². The van der Waals surface area contributed by atoms with Gasteiger partial charge in [-0.05, 0) is 26.7 Å². The van der Waals surface area contributed by atoms with Crippen molar-refractivity contribution < 1.29 is 15.0 Å². The van der Waals surface area contributed by atoms with Crippen LogP contribution >= 0.6 is 0 Å². The van der Waals surface area contributed by atoms with Gasteiger partial charge < -0.3 is 10.2 Å². The first-order valence-electron chi connectivity index (χ1n) is 4.92. The van der Waals surface area contributed by atoms with Crippen LogP contribution in [0.5, 0.6) is 0 Å². The van der Waals surface area contributed by atoms with Gasteiger partial charge in [-0.25, -0.2) is 0 Å². The van der Waals surface area contributed by atoms with Crippen LogP contribution in [-0.4, -0.2) is 28.2 Å². The van der Waals surface area contributed by atoms with Gasteiger partial charge in [0.25, 0.3) is 0 Å². The molecule has 0 bridgehead atoms. The van der Waals surface area contributed by atoms with Crippen molar-refractivity contribution in [3.05, 3.63) is 0 Å². The quantitative estimate of drug-likeness (QED) is 0.651. The average molecular weight is 188 g/mol. The van der Waals surface area contributed by atoms with Crippen LogP contribution in [0.4, 0.5) is 0 Å². The molecule has 0 radical (unpaired) electrons. The van der Waals surface area contributed by atoms with E-state index >= 15 is 0 Å². The summed E-state index contributed by atoms with van der Waals surface area (Å²) in [6.07, 6.45) is 4.05. The largest absolute Gasteiger partial charge is 0.391 e. The number of carbonyl (C=O) groups is 1. The summed E-state index contributed by atoms with van der Waals surface area (Å²) in [5, 5.41) is 16.8. The Morgan fingerprint density at radius 2 is 1.38 bits per heavy atom. The number of Topliss-reactive ketones (excluding diaryl/α,β-unsaturated/α-hetero) is 1. The molecule has 1 rings (SSSR count). The van der Waals surface area contributed by atoms with Crippen molar-refractivity contribution in [1.82, 2.24) is 0 Å². The molecule has 13 heavy (non-hydrogen) atoms. The number of carbonyl (C=O) groups excluding carboxylic acids is 1. The standard InChI is InChI=1S/C6H10O.C4H10O2/c7-6-4-2-1-3-5-6;1-3(5)4(2)6/h1-5H2;3-6H,1-2H3. The Labute approximate surface area is 79.8 Å². The van der Waals surface area contributed by atoms with Crippen molar-refractivity contribution in [1.29, 1.82) is 0 Å². The minimum Gasteiger partial charge on any atom is -0.391 e. The third-order valence-corrected chi connectivity index (χ3v) is 2.11. The highest BCUT2D eigenvalue weighted by atomic mass is 16.3. The average Bonchev–Trinajstić information content (AvgIpc) is 2.06. The van der Waals surface area contributed by atoms with Crippen LogP contribution in [0.25, 0.3) is 0 Å². The van der Waals surface area contributed by atoms with Crippen molar-refractivity contribution in [3.63, 3.8) is 0 Å². The molecular weight excluding hydrogens is 168 g/mol. The van der Waals surface area contributed by atoms with E-state index in [1.807, 2.05) is 0 Å². The van der Waals surface area contributed by atoms with Gasteiger partial charge in [0.2, 0.25) is 0 Å². The molecule has 3 nitrogen and oxygen atoms in total. The monoisotopic (exact) mass is 188 g/mol. The molecule has 78 valence electrons. The van der Waals surface area contributed by atoms with Crippen molar-refractivity contribution in [3.8, 4) is 0 Å². The predicted octanol–water partition coefficient (Wildman–Crippen LogP) is 1.27. The minimum absolute atomic E-state index is 0.464. The first-order chi connectivity index (χ1) is 6.04. The van der Waals surface area contributed by atoms with Gasteiger partial charge in [-0.1, -0.05) is 6.42 Å². The van der Waals surface area contributed by atoms with Gasteiger partial charge >= 0.3 is 0 Å². The smallest absolute Gasteiger partial charge is 0.132 e. The first-order valence-corrected chi connectivity index (χ1v) is 4.92. The molecule has 1 saturated carbocycles. The molecule has 0 aromatic rings. The summed E-state index contributed by atoms with van der Waals surface area (Å²) in [6, 6.07) is 0. The molecule has 2 N–H and O–H groups in total. The molecular formula is C10H20O3. The zero-order valence-corrected chi connectivity index (χ0v) is 8.49. The maximum atomic E-state index is 10.5. The molecule has 1 aliphatic rings. The highest BCUT2D eigenvalue weighted by Gasteiger charge is 2.05. The normalized spacial score (nSPS) is 21.4. The molecule has 2 unspecified atom stereocenters. The van der Waals surface area contributed by atoms with Gasteiger partial charge in [-0.2, -0.15) is 0 Å². The Hall–Kier alpha value is -0.410. The summed E-state index contributed by atoms with van der Waals surface area (Å²) in [4.78, 5) is 10.5. The molecule has 3 heteroatoms. The van der Waals surface area contributed by atoms with Crippen LogP contribution in [0.2, 0.25) is 0 Å². The molecule has 2 atom stereocenters. The van der Waals surface area contributed by atoms with Gasteiger partial charge in [0.05, 0.1) is 12.2 Å². The third kappa shape index (κ3) is 7.94. The molecule has 1 fully saturated rings. The molecule has 0 aromatic carbocycles. The van der Waals surface area contributed by atoms with Crippen LogP contribution in [0.1, 0.15) is 46.0 Å². The lowest BCUT2D eigenvalue weighted by Gasteiger charge is -2.05. The topological polar surface area (TPSA) is 57.5 Å². The number of aliphatic hydroxyl groups is 2. The van der Waals surface area contributed by atoms with Gasteiger partial charge in [-0.15, -0.1) is 0 Å². The Morgan fingerprint density at radius 1 is 1.00 bits per heavy atom. The molecule has 0 aliphatic heterocycles. The van der Waals surface area contributed by atoms with E-state index in [1.165, 1.54) is 6.42 Å². The van der Waals surface area contributed by atoms with Crippen molar-refractivity contribution in [2.75, 3.05) is 0 Å². The lowest BCUT2D eigenvalue weighted by atomic mass is 10.00. The zero-order valence-electron chi connectivity index (χ0n) is 8.49. The summed E-state index contributed by atoms with van der Waals surface area (Å²) in [7, 11) is 0. The van der Waals surface area contributed by atoms with E-state index in [0.29, 0.717) is 5.78 Å². The fourth-order valence-electron chi connectivity index (χ4n) is 0.946. The van der Waals surface area contributed by atoms with Crippen molar-refractivity contribution in [2.45, 2.75) is 58.2 Å².